The van der Waals surface area contributed by atoms with Gasteiger partial charge in [0.25, 0.3) is 0 Å². The van der Waals surface area contributed by atoms with E-state index in [9.17, 15) is 5.11 Å². The van der Waals surface area contributed by atoms with Crippen LogP contribution in [0.15, 0.2) is 18.2 Å². The van der Waals surface area contributed by atoms with Crippen LogP contribution < -0.4 is 5.32 Å². The Morgan fingerprint density at radius 3 is 2.47 bits per heavy atom. The molecular weight excluding hydrogens is 254 g/mol. The van der Waals surface area contributed by atoms with E-state index >= 15 is 0 Å². The van der Waals surface area contributed by atoms with Crippen molar-refractivity contribution < 1.29 is 5.11 Å². The first-order chi connectivity index (χ1) is 8.95. The van der Waals surface area contributed by atoms with Gasteiger partial charge in [0.15, 0.2) is 0 Å². The highest BCUT2D eigenvalue weighted by molar-refractivity contribution is 7.99. The zero-order chi connectivity index (χ0) is 14.4. The third-order valence-corrected chi connectivity index (χ3v) is 4.90. The molecule has 0 amide bonds. The van der Waals surface area contributed by atoms with Crippen LogP contribution >= 0.6 is 11.8 Å². The fraction of sp³-hybridized carbons (Fsp3) is 0.625. The summed E-state index contributed by atoms with van der Waals surface area (Å²) < 4.78 is 0. The SMILES string of the molecule is CCNC(CSC(C)C(C)O)c1ccc(C)cc1C. The Kier molecular flexibility index (Phi) is 6.90. The van der Waals surface area contributed by atoms with Crippen LogP contribution in [0.2, 0.25) is 0 Å². The van der Waals surface area contributed by atoms with Crippen molar-refractivity contribution in [1.82, 2.24) is 5.32 Å². The maximum Gasteiger partial charge on any atom is 0.0628 e. The summed E-state index contributed by atoms with van der Waals surface area (Å²) in [5.74, 6) is 0.990. The van der Waals surface area contributed by atoms with Crippen LogP contribution in [0.1, 0.15) is 43.5 Å². The van der Waals surface area contributed by atoms with E-state index in [4.69, 9.17) is 0 Å². The summed E-state index contributed by atoms with van der Waals surface area (Å²) in [7, 11) is 0. The van der Waals surface area contributed by atoms with Crippen molar-refractivity contribution in [3.05, 3.63) is 34.9 Å². The molecule has 0 aliphatic carbocycles. The third kappa shape index (κ3) is 5.17. The monoisotopic (exact) mass is 281 g/mol. The number of hydrogen-bond acceptors (Lipinski definition) is 3. The molecule has 19 heavy (non-hydrogen) atoms. The predicted molar refractivity (Wildman–Crippen MR) is 85.9 cm³/mol. The van der Waals surface area contributed by atoms with Gasteiger partial charge in [-0.15, -0.1) is 0 Å². The van der Waals surface area contributed by atoms with Gasteiger partial charge in [-0.2, -0.15) is 11.8 Å². The van der Waals surface area contributed by atoms with E-state index in [0.29, 0.717) is 6.04 Å². The summed E-state index contributed by atoms with van der Waals surface area (Å²) >= 11 is 1.83. The number of rotatable bonds is 7. The molecule has 1 rings (SSSR count). The average molecular weight is 281 g/mol. The minimum absolute atomic E-state index is 0.258. The summed E-state index contributed by atoms with van der Waals surface area (Å²) in [6, 6.07) is 7.00. The summed E-state index contributed by atoms with van der Waals surface area (Å²) in [5.41, 5.74) is 4.02. The topological polar surface area (TPSA) is 32.3 Å². The lowest BCUT2D eigenvalue weighted by Crippen LogP contribution is -2.26. The van der Waals surface area contributed by atoms with Crippen molar-refractivity contribution in [1.29, 1.82) is 0 Å². The molecule has 0 saturated heterocycles. The van der Waals surface area contributed by atoms with Crippen LogP contribution in [0.25, 0.3) is 0 Å². The van der Waals surface area contributed by atoms with Gasteiger partial charge in [-0.1, -0.05) is 37.6 Å². The van der Waals surface area contributed by atoms with E-state index in [2.05, 4.69) is 51.2 Å². The molecule has 108 valence electrons. The summed E-state index contributed by atoms with van der Waals surface area (Å²) in [6.45, 7) is 11.3. The smallest absolute Gasteiger partial charge is 0.0628 e. The summed E-state index contributed by atoms with van der Waals surface area (Å²) in [6.07, 6.45) is -0.258. The van der Waals surface area contributed by atoms with Crippen molar-refractivity contribution in [2.24, 2.45) is 0 Å². The molecule has 0 aromatic heterocycles. The number of aliphatic hydroxyl groups excluding tert-OH is 1. The molecule has 0 radical (unpaired) electrons. The first-order valence-electron chi connectivity index (χ1n) is 7.05. The highest BCUT2D eigenvalue weighted by atomic mass is 32.2. The summed E-state index contributed by atoms with van der Waals surface area (Å²) in [5, 5.41) is 13.4. The minimum Gasteiger partial charge on any atom is -0.392 e. The normalized spacial score (nSPS) is 16.1. The lowest BCUT2D eigenvalue weighted by Gasteiger charge is -2.23. The lowest BCUT2D eigenvalue weighted by atomic mass is 10.0. The Morgan fingerprint density at radius 2 is 1.95 bits per heavy atom. The number of aliphatic hydroxyl groups is 1. The Hall–Kier alpha value is -0.510. The predicted octanol–water partition coefficient (Wildman–Crippen LogP) is 3.46. The average Bonchev–Trinajstić information content (AvgIpc) is 2.34. The van der Waals surface area contributed by atoms with Crippen LogP contribution in [-0.2, 0) is 0 Å². The van der Waals surface area contributed by atoms with Gasteiger partial charge in [0, 0.05) is 17.0 Å². The second kappa shape index (κ2) is 7.93. The second-order valence-electron chi connectivity index (χ2n) is 5.25. The molecule has 0 aliphatic heterocycles. The van der Waals surface area contributed by atoms with Crippen LogP contribution in [0.3, 0.4) is 0 Å². The van der Waals surface area contributed by atoms with Crippen LogP contribution in [-0.4, -0.2) is 28.8 Å². The third-order valence-electron chi connectivity index (χ3n) is 3.46. The molecule has 0 aliphatic rings. The van der Waals surface area contributed by atoms with E-state index in [-0.39, 0.29) is 11.4 Å². The number of hydrogen-bond donors (Lipinski definition) is 2. The van der Waals surface area contributed by atoms with E-state index in [1.54, 1.807) is 0 Å². The van der Waals surface area contributed by atoms with Gasteiger partial charge in [0.1, 0.15) is 0 Å². The molecule has 0 spiro atoms. The first kappa shape index (κ1) is 16.5. The molecule has 2 nitrogen and oxygen atoms in total. The zero-order valence-corrected chi connectivity index (χ0v) is 13.6. The fourth-order valence-electron chi connectivity index (χ4n) is 2.11. The van der Waals surface area contributed by atoms with Crippen molar-refractivity contribution in [3.63, 3.8) is 0 Å². The van der Waals surface area contributed by atoms with E-state index in [1.165, 1.54) is 16.7 Å². The second-order valence-corrected chi connectivity index (χ2v) is 6.66. The van der Waals surface area contributed by atoms with Gasteiger partial charge in [-0.05, 0) is 38.4 Å². The minimum atomic E-state index is -0.258. The van der Waals surface area contributed by atoms with Gasteiger partial charge in [0.2, 0.25) is 0 Å². The van der Waals surface area contributed by atoms with Crippen molar-refractivity contribution in [2.45, 2.75) is 52.0 Å². The Morgan fingerprint density at radius 1 is 1.26 bits per heavy atom. The maximum atomic E-state index is 9.58. The van der Waals surface area contributed by atoms with Crippen molar-refractivity contribution in [3.8, 4) is 0 Å². The largest absolute Gasteiger partial charge is 0.392 e. The van der Waals surface area contributed by atoms with Gasteiger partial charge >= 0.3 is 0 Å². The van der Waals surface area contributed by atoms with E-state index < -0.39 is 0 Å². The van der Waals surface area contributed by atoms with Gasteiger partial charge in [-0.25, -0.2) is 0 Å². The van der Waals surface area contributed by atoms with Crippen LogP contribution in [0, 0.1) is 13.8 Å². The Bertz CT molecular complexity index is 392. The number of thioether (sulfide) groups is 1. The highest BCUT2D eigenvalue weighted by Gasteiger charge is 2.16. The molecule has 1 aromatic carbocycles. The molecule has 3 atom stereocenters. The first-order valence-corrected chi connectivity index (χ1v) is 8.10. The lowest BCUT2D eigenvalue weighted by molar-refractivity contribution is 0.196. The van der Waals surface area contributed by atoms with Gasteiger partial charge in [0.05, 0.1) is 6.10 Å². The van der Waals surface area contributed by atoms with Crippen molar-refractivity contribution in [2.75, 3.05) is 12.3 Å². The standard InChI is InChI=1S/C16H27NOS/c1-6-17-16(10-19-14(5)13(4)18)15-8-7-11(2)9-12(15)3/h7-9,13-14,16-18H,6,10H2,1-5H3. The molecule has 3 heteroatoms. The molecule has 1 aromatic rings. The van der Waals surface area contributed by atoms with Crippen LogP contribution in [0.4, 0.5) is 0 Å². The van der Waals surface area contributed by atoms with Gasteiger partial charge in [-0.3, -0.25) is 0 Å². The van der Waals surface area contributed by atoms with E-state index in [1.807, 2.05) is 18.7 Å². The maximum absolute atomic E-state index is 9.58. The molecular formula is C16H27NOS. The number of benzene rings is 1. The Balaban J connectivity index is 2.76. The van der Waals surface area contributed by atoms with Gasteiger partial charge < -0.3 is 10.4 Å². The highest BCUT2D eigenvalue weighted by Crippen LogP contribution is 2.25. The van der Waals surface area contributed by atoms with Crippen molar-refractivity contribution >= 4 is 11.8 Å². The zero-order valence-electron chi connectivity index (χ0n) is 12.7. The van der Waals surface area contributed by atoms with Crippen LogP contribution in [0.5, 0.6) is 0 Å². The molecule has 0 heterocycles. The molecule has 2 N–H and O–H groups in total. The Labute approximate surface area is 122 Å². The fourth-order valence-corrected chi connectivity index (χ4v) is 3.18. The summed E-state index contributed by atoms with van der Waals surface area (Å²) in [4.78, 5) is 0. The number of nitrogens with one attached hydrogen (secondary N) is 1. The molecule has 3 unspecified atom stereocenters. The van der Waals surface area contributed by atoms with E-state index in [0.717, 1.165) is 12.3 Å². The number of aryl methyl sites for hydroxylation is 2. The molecule has 0 saturated carbocycles. The molecule has 0 bridgehead atoms. The molecule has 0 fully saturated rings. The quantitative estimate of drug-likeness (QED) is 0.803.